The van der Waals surface area contributed by atoms with Crippen molar-refractivity contribution in [3.05, 3.63) is 101 Å². The highest BCUT2D eigenvalue weighted by atomic mass is 35.5. The molecule has 0 saturated heterocycles. The van der Waals surface area contributed by atoms with Gasteiger partial charge in [0.1, 0.15) is 11.8 Å². The molecule has 1 saturated carbocycles. The maximum atomic E-state index is 13.7. The lowest BCUT2D eigenvalue weighted by atomic mass is 9.94. The number of nitrogens with zero attached hydrogens (tertiary/aromatic N) is 1. The van der Waals surface area contributed by atoms with Crippen LogP contribution in [0.15, 0.2) is 84.9 Å². The van der Waals surface area contributed by atoms with Gasteiger partial charge in [-0.25, -0.2) is 0 Å². The Balaban J connectivity index is 1.59. The van der Waals surface area contributed by atoms with Crippen molar-refractivity contribution in [2.24, 2.45) is 0 Å². The lowest BCUT2D eigenvalue weighted by molar-refractivity contribution is -0.143. The van der Waals surface area contributed by atoms with Crippen molar-refractivity contribution in [1.29, 1.82) is 0 Å². The Morgan fingerprint density at radius 2 is 1.47 bits per heavy atom. The van der Waals surface area contributed by atoms with Gasteiger partial charge in [-0.3, -0.25) is 9.59 Å². The molecule has 0 aromatic heterocycles. The molecule has 1 atom stereocenters. The lowest BCUT2D eigenvalue weighted by Gasteiger charge is -2.33. The molecule has 3 aromatic carbocycles. The minimum atomic E-state index is -0.670. The Morgan fingerprint density at radius 1 is 0.861 bits per heavy atom. The molecular formula is C30H33ClN2O3. The molecule has 188 valence electrons. The summed E-state index contributed by atoms with van der Waals surface area (Å²) >= 11 is 6.23. The molecule has 0 spiro atoms. The number of carbonyl (C=O) groups excluding carboxylic acids is 2. The van der Waals surface area contributed by atoms with Gasteiger partial charge in [-0.15, -0.1) is 0 Å². The second-order valence-electron chi connectivity index (χ2n) is 9.28. The zero-order chi connectivity index (χ0) is 25.2. The number of hydrogen-bond acceptors (Lipinski definition) is 3. The van der Waals surface area contributed by atoms with E-state index in [4.69, 9.17) is 16.3 Å². The average molecular weight is 505 g/mol. The number of nitrogens with one attached hydrogen (secondary N) is 1. The molecule has 0 heterocycles. The van der Waals surface area contributed by atoms with Crippen molar-refractivity contribution < 1.29 is 14.3 Å². The highest BCUT2D eigenvalue weighted by Gasteiger charge is 2.32. The molecule has 1 aliphatic carbocycles. The number of hydrogen-bond donors (Lipinski definition) is 1. The second kappa shape index (κ2) is 13.1. The van der Waals surface area contributed by atoms with Crippen molar-refractivity contribution in [3.63, 3.8) is 0 Å². The van der Waals surface area contributed by atoms with Gasteiger partial charge in [0.2, 0.25) is 5.91 Å². The third-order valence-electron chi connectivity index (χ3n) is 6.61. The Hall–Kier alpha value is -3.31. The molecule has 3 aromatic rings. The molecule has 1 aliphatic rings. The molecule has 6 heteroatoms. The fourth-order valence-electron chi connectivity index (χ4n) is 4.66. The first-order chi connectivity index (χ1) is 17.6. The van der Waals surface area contributed by atoms with E-state index in [9.17, 15) is 9.59 Å². The number of benzene rings is 3. The van der Waals surface area contributed by atoms with Crippen LogP contribution in [0, 0.1) is 0 Å². The topological polar surface area (TPSA) is 58.6 Å². The predicted molar refractivity (Wildman–Crippen MR) is 143 cm³/mol. The first-order valence-electron chi connectivity index (χ1n) is 12.6. The Morgan fingerprint density at radius 3 is 2.14 bits per heavy atom. The molecule has 1 unspecified atom stereocenters. The van der Waals surface area contributed by atoms with E-state index in [0.717, 1.165) is 36.8 Å². The fraction of sp³-hybridized carbons (Fsp3) is 0.333. The van der Waals surface area contributed by atoms with Gasteiger partial charge in [-0.2, -0.15) is 0 Å². The summed E-state index contributed by atoms with van der Waals surface area (Å²) < 4.78 is 5.79. The fourth-order valence-corrected chi connectivity index (χ4v) is 4.85. The van der Waals surface area contributed by atoms with Crippen LogP contribution in [0.4, 0.5) is 0 Å². The highest BCUT2D eigenvalue weighted by molar-refractivity contribution is 6.32. The van der Waals surface area contributed by atoms with E-state index in [2.05, 4.69) is 5.32 Å². The summed E-state index contributed by atoms with van der Waals surface area (Å²) in [6.07, 6.45) is 5.82. The molecule has 1 fully saturated rings. The normalized spacial score (nSPS) is 14.6. The summed E-state index contributed by atoms with van der Waals surface area (Å²) in [6, 6.07) is 26.1. The minimum Gasteiger partial charge on any atom is -0.482 e. The summed E-state index contributed by atoms with van der Waals surface area (Å²) in [6.45, 7) is 0.0969. The number of para-hydroxylation sites is 1. The average Bonchev–Trinajstić information content (AvgIpc) is 2.91. The molecule has 0 aliphatic heterocycles. The third kappa shape index (κ3) is 7.34. The summed E-state index contributed by atoms with van der Waals surface area (Å²) in [5, 5.41) is 3.69. The lowest BCUT2D eigenvalue weighted by Crippen LogP contribution is -2.53. The molecule has 2 amide bonds. The van der Waals surface area contributed by atoms with Gasteiger partial charge >= 0.3 is 0 Å². The predicted octanol–water partition coefficient (Wildman–Crippen LogP) is 5.81. The summed E-state index contributed by atoms with van der Waals surface area (Å²) in [5.41, 5.74) is 1.95. The quantitative estimate of drug-likeness (QED) is 0.379. The molecular weight excluding hydrogens is 472 g/mol. The number of ether oxygens (including phenoxy) is 1. The van der Waals surface area contributed by atoms with Crippen molar-refractivity contribution in [3.8, 4) is 5.75 Å². The van der Waals surface area contributed by atoms with Crippen molar-refractivity contribution >= 4 is 23.4 Å². The Labute approximate surface area is 218 Å². The van der Waals surface area contributed by atoms with Gasteiger partial charge < -0.3 is 15.0 Å². The van der Waals surface area contributed by atoms with Crippen LogP contribution in [0.25, 0.3) is 0 Å². The molecule has 4 rings (SSSR count). The van der Waals surface area contributed by atoms with Crippen molar-refractivity contribution in [1.82, 2.24) is 10.2 Å². The number of rotatable bonds is 10. The van der Waals surface area contributed by atoms with Crippen LogP contribution >= 0.6 is 11.6 Å². The van der Waals surface area contributed by atoms with E-state index in [-0.39, 0.29) is 24.5 Å². The molecule has 5 nitrogen and oxygen atoms in total. The summed E-state index contributed by atoms with van der Waals surface area (Å²) in [4.78, 5) is 29.0. The zero-order valence-corrected chi connectivity index (χ0v) is 21.2. The summed E-state index contributed by atoms with van der Waals surface area (Å²) in [5.74, 6) is 0.0599. The van der Waals surface area contributed by atoms with Gasteiger partial charge in [0.05, 0.1) is 5.02 Å². The third-order valence-corrected chi connectivity index (χ3v) is 6.92. The van der Waals surface area contributed by atoms with Crippen LogP contribution in [-0.4, -0.2) is 35.4 Å². The van der Waals surface area contributed by atoms with Crippen LogP contribution in [0.3, 0.4) is 0 Å². The van der Waals surface area contributed by atoms with Gasteiger partial charge in [-0.05, 0) is 36.1 Å². The van der Waals surface area contributed by atoms with Crippen LogP contribution in [0.5, 0.6) is 5.75 Å². The van der Waals surface area contributed by atoms with Crippen molar-refractivity contribution in [2.75, 3.05) is 6.61 Å². The second-order valence-corrected chi connectivity index (χ2v) is 9.68. The van der Waals surface area contributed by atoms with E-state index in [1.54, 1.807) is 17.0 Å². The first-order valence-corrected chi connectivity index (χ1v) is 13.0. The van der Waals surface area contributed by atoms with E-state index >= 15 is 0 Å². The van der Waals surface area contributed by atoms with E-state index < -0.39 is 6.04 Å². The van der Waals surface area contributed by atoms with Gasteiger partial charge in [0, 0.05) is 19.0 Å². The van der Waals surface area contributed by atoms with Crippen LogP contribution < -0.4 is 10.1 Å². The maximum absolute atomic E-state index is 13.7. The zero-order valence-electron chi connectivity index (χ0n) is 20.4. The van der Waals surface area contributed by atoms with Crippen LogP contribution in [-0.2, 0) is 22.6 Å². The summed E-state index contributed by atoms with van der Waals surface area (Å²) in [7, 11) is 0. The smallest absolute Gasteiger partial charge is 0.261 e. The van der Waals surface area contributed by atoms with E-state index in [1.807, 2.05) is 72.8 Å². The SMILES string of the molecule is O=C(NC1CCCCC1)C(Cc1ccccc1)N(Cc1ccccc1)C(=O)COc1ccccc1Cl. The van der Waals surface area contributed by atoms with E-state index in [0.29, 0.717) is 23.7 Å². The monoisotopic (exact) mass is 504 g/mol. The van der Waals surface area contributed by atoms with Gasteiger partial charge in [-0.1, -0.05) is 104 Å². The maximum Gasteiger partial charge on any atom is 0.261 e. The number of amides is 2. The molecule has 0 radical (unpaired) electrons. The molecule has 0 bridgehead atoms. The Bertz CT molecular complexity index is 1120. The largest absolute Gasteiger partial charge is 0.482 e. The van der Waals surface area contributed by atoms with E-state index in [1.165, 1.54) is 6.42 Å². The van der Waals surface area contributed by atoms with Gasteiger partial charge in [0.15, 0.2) is 6.61 Å². The molecule has 1 N–H and O–H groups in total. The highest BCUT2D eigenvalue weighted by Crippen LogP contribution is 2.24. The molecule has 36 heavy (non-hydrogen) atoms. The Kier molecular flexibility index (Phi) is 9.40. The minimum absolute atomic E-state index is 0.118. The van der Waals surface area contributed by atoms with Crippen molar-refractivity contribution in [2.45, 2.75) is 57.2 Å². The number of halogens is 1. The van der Waals surface area contributed by atoms with Crippen LogP contribution in [0.2, 0.25) is 5.02 Å². The standard InChI is InChI=1S/C30H33ClN2O3/c31-26-18-10-11-19-28(26)36-22-29(34)33(21-24-14-6-2-7-15-24)27(20-23-12-4-1-5-13-23)30(35)32-25-16-8-3-9-17-25/h1-2,4-7,10-15,18-19,25,27H,3,8-9,16-17,20-22H2,(H,32,35). The number of carbonyl (C=O) groups is 2. The van der Waals surface area contributed by atoms with Crippen LogP contribution in [0.1, 0.15) is 43.2 Å². The van der Waals surface area contributed by atoms with Gasteiger partial charge in [0.25, 0.3) is 5.91 Å². The first kappa shape index (κ1) is 25.8.